The largest absolute Gasteiger partial charge is 0.491 e. The number of amides is 1. The van der Waals surface area contributed by atoms with E-state index in [0.29, 0.717) is 30.7 Å². The van der Waals surface area contributed by atoms with Crippen molar-refractivity contribution in [2.45, 2.75) is 83.6 Å². The lowest BCUT2D eigenvalue weighted by molar-refractivity contribution is 0.153. The van der Waals surface area contributed by atoms with E-state index in [4.69, 9.17) is 9.47 Å². The van der Waals surface area contributed by atoms with Gasteiger partial charge in [0.05, 0.1) is 18.9 Å². The number of anilines is 1. The van der Waals surface area contributed by atoms with Gasteiger partial charge < -0.3 is 14.8 Å². The summed E-state index contributed by atoms with van der Waals surface area (Å²) in [5.74, 6) is 0.708. The number of rotatable bonds is 13. The molecule has 0 bridgehead atoms. The van der Waals surface area contributed by atoms with Gasteiger partial charge in [-0.25, -0.2) is 4.79 Å². The fraction of sp³-hybridized carbons (Fsp3) is 0.696. The molecule has 0 saturated carbocycles. The molecule has 1 atom stereocenters. The first-order valence-electron chi connectivity index (χ1n) is 11.2. The van der Waals surface area contributed by atoms with Crippen molar-refractivity contribution in [3.8, 4) is 5.75 Å². The van der Waals surface area contributed by atoms with E-state index in [0.717, 1.165) is 19.4 Å². The van der Waals surface area contributed by atoms with E-state index in [2.05, 4.69) is 17.6 Å². The van der Waals surface area contributed by atoms with Crippen molar-refractivity contribution in [2.75, 3.05) is 25.1 Å². The first-order chi connectivity index (χ1) is 13.8. The van der Waals surface area contributed by atoms with E-state index in [1.165, 1.54) is 57.8 Å². The van der Waals surface area contributed by atoms with Crippen LogP contribution in [0, 0.1) is 0 Å². The van der Waals surface area contributed by atoms with Crippen molar-refractivity contribution in [1.29, 1.82) is 0 Å². The Morgan fingerprint density at radius 1 is 1.07 bits per heavy atom. The molecule has 1 saturated heterocycles. The summed E-state index contributed by atoms with van der Waals surface area (Å²) in [5.41, 5.74) is 0.672. The topological polar surface area (TPSA) is 59.6 Å². The highest BCUT2D eigenvalue weighted by Gasteiger charge is 2.14. The Kier molecular flexibility index (Phi) is 11.5. The summed E-state index contributed by atoms with van der Waals surface area (Å²) in [6.45, 7) is 4.42. The van der Waals surface area contributed by atoms with Crippen LogP contribution in [-0.4, -0.2) is 31.9 Å². The minimum atomic E-state index is -0.414. The van der Waals surface area contributed by atoms with E-state index < -0.39 is 6.09 Å². The quantitative estimate of drug-likeness (QED) is 0.412. The molecule has 0 aromatic heterocycles. The second-order valence-electron chi connectivity index (χ2n) is 7.66. The molecule has 1 heterocycles. The van der Waals surface area contributed by atoms with Crippen molar-refractivity contribution in [3.63, 3.8) is 0 Å². The van der Waals surface area contributed by atoms with Gasteiger partial charge >= 0.3 is 6.09 Å². The summed E-state index contributed by atoms with van der Waals surface area (Å²) < 4.78 is 11.2. The molecule has 1 aliphatic heterocycles. The number of para-hydroxylation sites is 2. The number of piperidine rings is 1. The highest BCUT2D eigenvalue weighted by atomic mass is 16.5. The van der Waals surface area contributed by atoms with E-state index in [-0.39, 0.29) is 0 Å². The maximum absolute atomic E-state index is 12.1. The Labute approximate surface area is 170 Å². The van der Waals surface area contributed by atoms with E-state index >= 15 is 0 Å². The summed E-state index contributed by atoms with van der Waals surface area (Å²) in [4.78, 5) is 12.1. The molecule has 1 aliphatic rings. The molecule has 0 spiro atoms. The van der Waals surface area contributed by atoms with E-state index in [1.807, 2.05) is 24.3 Å². The lowest BCUT2D eigenvalue weighted by Crippen LogP contribution is -2.35. The van der Waals surface area contributed by atoms with Gasteiger partial charge in [0.1, 0.15) is 5.75 Å². The van der Waals surface area contributed by atoms with Crippen molar-refractivity contribution < 1.29 is 14.3 Å². The zero-order valence-electron chi connectivity index (χ0n) is 17.5. The van der Waals surface area contributed by atoms with Gasteiger partial charge in [-0.15, -0.1) is 0 Å². The second-order valence-corrected chi connectivity index (χ2v) is 7.66. The van der Waals surface area contributed by atoms with Gasteiger partial charge in [-0.05, 0) is 44.4 Å². The third kappa shape index (κ3) is 9.45. The molecule has 1 unspecified atom stereocenters. The van der Waals surface area contributed by atoms with Gasteiger partial charge in [-0.1, -0.05) is 64.0 Å². The Morgan fingerprint density at radius 3 is 2.64 bits per heavy atom. The van der Waals surface area contributed by atoms with Crippen LogP contribution in [0.1, 0.15) is 77.6 Å². The molecule has 1 fully saturated rings. The van der Waals surface area contributed by atoms with Gasteiger partial charge in [0.25, 0.3) is 0 Å². The smallest absolute Gasteiger partial charge is 0.411 e. The number of carbonyl (C=O) groups excluding carboxylic acids is 1. The standard InChI is InChI=1S/C23H38N2O3/c1-2-3-4-5-6-7-12-18-27-22-15-9-8-14-21(22)25-23(26)28-19-16-20-13-10-11-17-24-20/h8-9,14-15,20,24H,2-7,10-13,16-19H2,1H3,(H,25,26). The predicted molar refractivity (Wildman–Crippen MR) is 115 cm³/mol. The van der Waals surface area contributed by atoms with Crippen molar-refractivity contribution in [2.24, 2.45) is 0 Å². The van der Waals surface area contributed by atoms with E-state index in [1.54, 1.807) is 0 Å². The van der Waals surface area contributed by atoms with Crippen LogP contribution >= 0.6 is 0 Å². The highest BCUT2D eigenvalue weighted by molar-refractivity contribution is 5.86. The van der Waals surface area contributed by atoms with Crippen molar-refractivity contribution >= 4 is 11.8 Å². The van der Waals surface area contributed by atoms with Gasteiger partial charge in [-0.3, -0.25) is 5.32 Å². The van der Waals surface area contributed by atoms with Crippen LogP contribution in [0.25, 0.3) is 0 Å². The summed E-state index contributed by atoms with van der Waals surface area (Å²) in [6, 6.07) is 8.03. The molecule has 5 nitrogen and oxygen atoms in total. The normalized spacial score (nSPS) is 16.5. The zero-order chi connectivity index (χ0) is 19.9. The Bertz CT molecular complexity index is 544. The lowest BCUT2D eigenvalue weighted by Gasteiger charge is -2.23. The first kappa shape index (κ1) is 22.5. The Morgan fingerprint density at radius 2 is 1.86 bits per heavy atom. The number of benzene rings is 1. The lowest BCUT2D eigenvalue weighted by atomic mass is 10.0. The number of hydrogen-bond donors (Lipinski definition) is 2. The summed E-state index contributed by atoms with van der Waals surface area (Å²) in [7, 11) is 0. The molecule has 0 radical (unpaired) electrons. The molecule has 2 rings (SSSR count). The highest BCUT2D eigenvalue weighted by Crippen LogP contribution is 2.24. The minimum absolute atomic E-state index is 0.414. The van der Waals surface area contributed by atoms with Crippen LogP contribution in [-0.2, 0) is 4.74 Å². The van der Waals surface area contributed by atoms with Gasteiger partial charge in [-0.2, -0.15) is 0 Å². The average Bonchev–Trinajstić information content (AvgIpc) is 2.72. The number of nitrogens with one attached hydrogen (secondary N) is 2. The summed E-state index contributed by atoms with van der Waals surface area (Å²) in [6.07, 6.45) is 12.9. The van der Waals surface area contributed by atoms with Crippen LogP contribution < -0.4 is 15.4 Å². The molecule has 2 N–H and O–H groups in total. The monoisotopic (exact) mass is 390 g/mol. The summed E-state index contributed by atoms with van der Waals surface area (Å²) in [5, 5.41) is 6.28. The molecule has 158 valence electrons. The van der Waals surface area contributed by atoms with Crippen LogP contribution in [0.5, 0.6) is 5.75 Å². The molecule has 1 aromatic rings. The van der Waals surface area contributed by atoms with Gasteiger partial charge in [0.15, 0.2) is 0 Å². The molecule has 5 heteroatoms. The van der Waals surface area contributed by atoms with Gasteiger partial charge in [0.2, 0.25) is 0 Å². The Balaban J connectivity index is 1.62. The zero-order valence-corrected chi connectivity index (χ0v) is 17.5. The molecular formula is C23H38N2O3. The van der Waals surface area contributed by atoms with Crippen LogP contribution in [0.3, 0.4) is 0 Å². The summed E-state index contributed by atoms with van der Waals surface area (Å²) >= 11 is 0. The SMILES string of the molecule is CCCCCCCCCOc1ccccc1NC(=O)OCCC1CCCCN1. The van der Waals surface area contributed by atoms with E-state index in [9.17, 15) is 4.79 Å². The fourth-order valence-corrected chi connectivity index (χ4v) is 3.55. The minimum Gasteiger partial charge on any atom is -0.491 e. The van der Waals surface area contributed by atoms with Crippen LogP contribution in [0.2, 0.25) is 0 Å². The van der Waals surface area contributed by atoms with Crippen LogP contribution in [0.15, 0.2) is 24.3 Å². The molecular weight excluding hydrogens is 352 g/mol. The number of ether oxygens (including phenoxy) is 2. The van der Waals surface area contributed by atoms with Crippen molar-refractivity contribution in [1.82, 2.24) is 5.32 Å². The van der Waals surface area contributed by atoms with Gasteiger partial charge in [0, 0.05) is 6.04 Å². The third-order valence-electron chi connectivity index (χ3n) is 5.24. The Hall–Kier alpha value is -1.75. The predicted octanol–water partition coefficient (Wildman–Crippen LogP) is 5.90. The average molecular weight is 391 g/mol. The molecule has 28 heavy (non-hydrogen) atoms. The first-order valence-corrected chi connectivity index (χ1v) is 11.2. The second kappa shape index (κ2) is 14.3. The maximum atomic E-state index is 12.1. The maximum Gasteiger partial charge on any atom is 0.411 e. The van der Waals surface area contributed by atoms with Crippen LogP contribution in [0.4, 0.5) is 10.5 Å². The molecule has 0 aliphatic carbocycles. The number of carbonyl (C=O) groups is 1. The fourth-order valence-electron chi connectivity index (χ4n) is 3.55. The molecule has 1 amide bonds. The molecule has 1 aromatic carbocycles. The number of hydrogen-bond acceptors (Lipinski definition) is 4. The van der Waals surface area contributed by atoms with Crippen molar-refractivity contribution in [3.05, 3.63) is 24.3 Å². The third-order valence-corrected chi connectivity index (χ3v) is 5.24. The number of unbranched alkanes of at least 4 members (excludes halogenated alkanes) is 6.